The number of aromatic nitrogens is 3. The van der Waals surface area contributed by atoms with Gasteiger partial charge in [0.15, 0.2) is 5.82 Å². The molecule has 25 heavy (non-hydrogen) atoms. The minimum absolute atomic E-state index is 0.0174. The van der Waals surface area contributed by atoms with E-state index in [1.54, 1.807) is 7.11 Å². The van der Waals surface area contributed by atoms with E-state index in [1.807, 2.05) is 11.0 Å². The highest BCUT2D eigenvalue weighted by molar-refractivity contribution is 5.89. The summed E-state index contributed by atoms with van der Waals surface area (Å²) in [4.78, 5) is 15.0. The van der Waals surface area contributed by atoms with Gasteiger partial charge in [0.1, 0.15) is 5.82 Å². The number of methoxy groups -OCH3 is 1. The van der Waals surface area contributed by atoms with Crippen molar-refractivity contribution < 1.29 is 9.53 Å². The Morgan fingerprint density at radius 3 is 2.80 bits per heavy atom. The van der Waals surface area contributed by atoms with Crippen molar-refractivity contribution in [1.82, 2.24) is 19.7 Å². The lowest BCUT2D eigenvalue weighted by atomic mass is 9.87. The molecule has 6 heteroatoms. The molecule has 0 radical (unpaired) electrons. The second-order valence-electron chi connectivity index (χ2n) is 7.81. The number of rotatable bonds is 3. The SMILES string of the molecule is CO[C@@H]1C[C@@H](c2nnc3n2CCC3)N(C(=O)C=C2CCC(C)CC2)C1. The van der Waals surface area contributed by atoms with Crippen LogP contribution in [0.15, 0.2) is 11.6 Å². The van der Waals surface area contributed by atoms with E-state index in [0.717, 1.165) is 56.2 Å². The topological polar surface area (TPSA) is 60.3 Å². The third-order valence-corrected chi connectivity index (χ3v) is 6.06. The first kappa shape index (κ1) is 16.8. The number of nitrogens with zero attached hydrogens (tertiary/aromatic N) is 4. The van der Waals surface area contributed by atoms with Gasteiger partial charge in [-0.2, -0.15) is 0 Å². The first-order valence-electron chi connectivity index (χ1n) is 9.60. The number of amides is 1. The van der Waals surface area contributed by atoms with Crippen molar-refractivity contribution in [2.45, 2.75) is 70.6 Å². The van der Waals surface area contributed by atoms with E-state index in [-0.39, 0.29) is 18.1 Å². The molecule has 1 saturated heterocycles. The molecule has 0 bridgehead atoms. The average Bonchev–Trinajstić information content (AvgIpc) is 3.31. The molecule has 136 valence electrons. The second kappa shape index (κ2) is 6.90. The minimum Gasteiger partial charge on any atom is -0.380 e. The number of carbonyl (C=O) groups is 1. The summed E-state index contributed by atoms with van der Waals surface area (Å²) in [5.41, 5.74) is 1.30. The van der Waals surface area contributed by atoms with Gasteiger partial charge in [0.25, 0.3) is 0 Å². The zero-order chi connectivity index (χ0) is 17.4. The largest absolute Gasteiger partial charge is 0.380 e. The summed E-state index contributed by atoms with van der Waals surface area (Å²) >= 11 is 0. The van der Waals surface area contributed by atoms with Crippen molar-refractivity contribution in [3.63, 3.8) is 0 Å². The van der Waals surface area contributed by atoms with Crippen LogP contribution in [-0.4, -0.2) is 45.3 Å². The highest BCUT2D eigenvalue weighted by Crippen LogP contribution is 2.35. The van der Waals surface area contributed by atoms with Crippen LogP contribution in [0, 0.1) is 5.92 Å². The molecule has 1 saturated carbocycles. The molecule has 6 nitrogen and oxygen atoms in total. The molecule has 0 unspecified atom stereocenters. The lowest BCUT2D eigenvalue weighted by Gasteiger charge is -2.24. The van der Waals surface area contributed by atoms with Gasteiger partial charge in [0.2, 0.25) is 5.91 Å². The normalized spacial score (nSPS) is 29.1. The van der Waals surface area contributed by atoms with Crippen LogP contribution in [0.3, 0.4) is 0 Å². The Morgan fingerprint density at radius 2 is 2.04 bits per heavy atom. The number of carbonyl (C=O) groups excluding carboxylic acids is 1. The van der Waals surface area contributed by atoms with E-state index in [0.29, 0.717) is 6.54 Å². The lowest BCUT2D eigenvalue weighted by molar-refractivity contribution is -0.127. The Morgan fingerprint density at radius 1 is 1.24 bits per heavy atom. The standard InChI is InChI=1S/C19H28N4O2/c1-13-5-7-14(8-6-13)10-18(24)23-12-15(25-2)11-16(23)19-21-20-17-4-3-9-22(17)19/h10,13,15-16H,3-9,11-12H2,1-2H3/t13?,15-,16+/m1/s1. The average molecular weight is 344 g/mol. The third kappa shape index (κ3) is 3.24. The summed E-state index contributed by atoms with van der Waals surface area (Å²) in [6, 6.07) is -0.0174. The van der Waals surface area contributed by atoms with Gasteiger partial charge in [-0.1, -0.05) is 12.5 Å². The van der Waals surface area contributed by atoms with Crippen LogP contribution < -0.4 is 0 Å². The molecule has 2 atom stereocenters. The number of aryl methyl sites for hydroxylation is 1. The van der Waals surface area contributed by atoms with Crippen LogP contribution in [0.2, 0.25) is 0 Å². The molecule has 0 N–H and O–H groups in total. The predicted molar refractivity (Wildman–Crippen MR) is 93.9 cm³/mol. The molecular formula is C19H28N4O2. The highest BCUT2D eigenvalue weighted by atomic mass is 16.5. The molecule has 4 rings (SSSR count). The molecule has 2 aliphatic heterocycles. The molecule has 1 aromatic rings. The van der Waals surface area contributed by atoms with E-state index in [9.17, 15) is 4.79 Å². The van der Waals surface area contributed by atoms with Crippen LogP contribution in [0.4, 0.5) is 0 Å². The molecule has 3 heterocycles. The van der Waals surface area contributed by atoms with Gasteiger partial charge in [-0.25, -0.2) is 0 Å². The maximum atomic E-state index is 13.0. The highest BCUT2D eigenvalue weighted by Gasteiger charge is 2.39. The summed E-state index contributed by atoms with van der Waals surface area (Å²) in [6.07, 6.45) is 9.38. The van der Waals surface area contributed by atoms with Gasteiger partial charge >= 0.3 is 0 Å². The Kier molecular flexibility index (Phi) is 4.63. The predicted octanol–water partition coefficient (Wildman–Crippen LogP) is 2.65. The van der Waals surface area contributed by atoms with Crippen LogP contribution >= 0.6 is 0 Å². The van der Waals surface area contributed by atoms with E-state index in [1.165, 1.54) is 18.4 Å². The summed E-state index contributed by atoms with van der Waals surface area (Å²) in [6.45, 7) is 3.90. The van der Waals surface area contributed by atoms with Gasteiger partial charge in [-0.05, 0) is 38.0 Å². The smallest absolute Gasteiger partial charge is 0.247 e. The molecule has 1 aromatic heterocycles. The first-order chi connectivity index (χ1) is 12.2. The zero-order valence-electron chi connectivity index (χ0n) is 15.3. The number of allylic oxidation sites excluding steroid dienone is 1. The first-order valence-corrected chi connectivity index (χ1v) is 9.60. The molecule has 1 aliphatic carbocycles. The summed E-state index contributed by atoms with van der Waals surface area (Å²) in [5.74, 6) is 2.90. The van der Waals surface area contributed by atoms with E-state index >= 15 is 0 Å². The van der Waals surface area contributed by atoms with Crippen molar-refractivity contribution in [2.75, 3.05) is 13.7 Å². The van der Waals surface area contributed by atoms with E-state index < -0.39 is 0 Å². The van der Waals surface area contributed by atoms with Gasteiger partial charge in [0.05, 0.1) is 12.1 Å². The number of likely N-dealkylation sites (tertiary alicyclic amines) is 1. The molecule has 3 aliphatic rings. The number of fused-ring (bicyclic) bond motifs is 1. The van der Waals surface area contributed by atoms with E-state index in [4.69, 9.17) is 4.74 Å². The maximum Gasteiger partial charge on any atom is 0.247 e. The molecule has 2 fully saturated rings. The molecule has 0 aromatic carbocycles. The molecule has 0 spiro atoms. The van der Waals surface area contributed by atoms with Crippen LogP contribution in [0.5, 0.6) is 0 Å². The monoisotopic (exact) mass is 344 g/mol. The summed E-state index contributed by atoms with van der Waals surface area (Å²) < 4.78 is 7.78. The number of ether oxygens (including phenoxy) is 1. The van der Waals surface area contributed by atoms with Gasteiger partial charge in [0, 0.05) is 39.1 Å². The fraction of sp³-hybridized carbons (Fsp3) is 0.737. The van der Waals surface area contributed by atoms with E-state index in [2.05, 4.69) is 21.7 Å². The van der Waals surface area contributed by atoms with Crippen molar-refractivity contribution in [2.24, 2.45) is 5.92 Å². The zero-order valence-corrected chi connectivity index (χ0v) is 15.3. The number of hydrogen-bond acceptors (Lipinski definition) is 4. The van der Waals surface area contributed by atoms with Crippen molar-refractivity contribution in [3.8, 4) is 0 Å². The van der Waals surface area contributed by atoms with Crippen LogP contribution in [0.1, 0.15) is 63.1 Å². The number of hydrogen-bond donors (Lipinski definition) is 0. The fourth-order valence-corrected chi connectivity index (χ4v) is 4.41. The second-order valence-corrected chi connectivity index (χ2v) is 7.81. The maximum absolute atomic E-state index is 13.0. The summed E-state index contributed by atoms with van der Waals surface area (Å²) in [7, 11) is 1.73. The lowest BCUT2D eigenvalue weighted by Crippen LogP contribution is -2.32. The Bertz CT molecular complexity index is 671. The Hall–Kier alpha value is -1.69. The minimum atomic E-state index is -0.0174. The van der Waals surface area contributed by atoms with Crippen LogP contribution in [0.25, 0.3) is 0 Å². The quantitative estimate of drug-likeness (QED) is 0.791. The van der Waals surface area contributed by atoms with Crippen LogP contribution in [-0.2, 0) is 22.5 Å². The van der Waals surface area contributed by atoms with Gasteiger partial charge in [-0.3, -0.25) is 4.79 Å². The Balaban J connectivity index is 1.55. The molecular weight excluding hydrogens is 316 g/mol. The van der Waals surface area contributed by atoms with Gasteiger partial charge < -0.3 is 14.2 Å². The van der Waals surface area contributed by atoms with Crippen molar-refractivity contribution in [1.29, 1.82) is 0 Å². The van der Waals surface area contributed by atoms with Crippen molar-refractivity contribution >= 4 is 5.91 Å². The summed E-state index contributed by atoms with van der Waals surface area (Å²) in [5, 5.41) is 8.75. The Labute approximate surface area is 149 Å². The third-order valence-electron chi connectivity index (χ3n) is 6.06. The van der Waals surface area contributed by atoms with Gasteiger partial charge in [-0.15, -0.1) is 10.2 Å². The fourth-order valence-electron chi connectivity index (χ4n) is 4.41. The molecule has 1 amide bonds. The van der Waals surface area contributed by atoms with Crippen molar-refractivity contribution in [3.05, 3.63) is 23.3 Å².